The Morgan fingerprint density at radius 1 is 1.62 bits per heavy atom. The molecule has 0 bridgehead atoms. The van der Waals surface area contributed by atoms with Crippen LogP contribution in [0.1, 0.15) is 0 Å². The van der Waals surface area contributed by atoms with E-state index >= 15 is 0 Å². The van der Waals surface area contributed by atoms with Crippen LogP contribution in [0.2, 0.25) is 5.02 Å². The van der Waals surface area contributed by atoms with Crippen molar-refractivity contribution in [3.05, 3.63) is 29.5 Å². The van der Waals surface area contributed by atoms with Crippen molar-refractivity contribution in [2.75, 3.05) is 0 Å². The van der Waals surface area contributed by atoms with Crippen molar-refractivity contribution in [3.63, 3.8) is 0 Å². The minimum atomic E-state index is 0. The second-order valence-corrected chi connectivity index (χ2v) is 1.54. The minimum absolute atomic E-state index is 0. The average Bonchev–Trinajstić information content (AvgIpc) is 1.69. The van der Waals surface area contributed by atoms with E-state index in [0.29, 0.717) is 5.02 Å². The summed E-state index contributed by atoms with van der Waals surface area (Å²) in [5.74, 6) is 0. The molecule has 1 rings (SSSR count). The van der Waals surface area contributed by atoms with Crippen LogP contribution in [-0.4, -0.2) is 4.98 Å². The molecule has 1 aromatic heterocycles. The third-order valence-corrected chi connectivity index (χ3v) is 0.775. The summed E-state index contributed by atoms with van der Waals surface area (Å²) in [6.07, 6.45) is 3.13. The van der Waals surface area contributed by atoms with Gasteiger partial charge in [0.1, 0.15) is 0 Å². The van der Waals surface area contributed by atoms with E-state index in [-0.39, 0.29) is 18.9 Å². The van der Waals surface area contributed by atoms with Gasteiger partial charge in [-0.05, 0) is 6.20 Å². The molecule has 1 heterocycles. The monoisotopic (exact) mass is 119 g/mol. The van der Waals surface area contributed by atoms with E-state index in [0.717, 1.165) is 0 Å². The van der Waals surface area contributed by atoms with Gasteiger partial charge in [-0.1, -0.05) is 11.2 Å². The molecular weight excluding hydrogens is 116 g/mol. The molecule has 0 aliphatic heterocycles. The Bertz CT molecular complexity index is 142. The van der Waals surface area contributed by atoms with Crippen molar-refractivity contribution in [3.8, 4) is 0 Å². The van der Waals surface area contributed by atoms with E-state index in [1.54, 1.807) is 18.5 Å². The Labute approximate surface area is 65.3 Å². The Balaban J connectivity index is 0.000000490. The SMILES string of the molecule is Clc1c[c-]cnc1.[Li+]. The molecule has 0 unspecified atom stereocenters. The third kappa shape index (κ3) is 2.37. The average molecular weight is 119 g/mol. The Morgan fingerprint density at radius 2 is 2.38 bits per heavy atom. The molecule has 0 radical (unpaired) electrons. The molecule has 0 fully saturated rings. The van der Waals surface area contributed by atoms with Crippen LogP contribution in [0.5, 0.6) is 0 Å². The standard InChI is InChI=1S/C5H3ClN.Li/c6-5-2-1-3-7-4-5;/h2-4H;/q-1;+1. The number of hydrogen-bond donors (Lipinski definition) is 0. The molecular formula is C5H3ClLiN. The second-order valence-electron chi connectivity index (χ2n) is 1.10. The van der Waals surface area contributed by atoms with Crippen LogP contribution in [0.3, 0.4) is 0 Å². The van der Waals surface area contributed by atoms with Gasteiger partial charge >= 0.3 is 18.9 Å². The number of nitrogens with zero attached hydrogens (tertiary/aromatic N) is 1. The predicted octanol–water partition coefficient (Wildman–Crippen LogP) is -1.46. The van der Waals surface area contributed by atoms with Gasteiger partial charge in [0.2, 0.25) is 0 Å². The van der Waals surface area contributed by atoms with E-state index < -0.39 is 0 Å². The summed E-state index contributed by atoms with van der Waals surface area (Å²) in [5.41, 5.74) is 0. The summed E-state index contributed by atoms with van der Waals surface area (Å²) in [7, 11) is 0. The van der Waals surface area contributed by atoms with Gasteiger partial charge in [0, 0.05) is 0 Å². The summed E-state index contributed by atoms with van der Waals surface area (Å²) in [6, 6.07) is 4.38. The molecule has 0 aliphatic carbocycles. The molecule has 3 heteroatoms. The maximum absolute atomic E-state index is 5.45. The van der Waals surface area contributed by atoms with Crippen LogP contribution < -0.4 is 18.9 Å². The predicted molar refractivity (Wildman–Crippen MR) is 28.1 cm³/mol. The van der Waals surface area contributed by atoms with Crippen molar-refractivity contribution in [1.29, 1.82) is 0 Å². The molecule has 0 N–H and O–H groups in total. The second kappa shape index (κ2) is 3.97. The first kappa shape index (κ1) is 8.04. The van der Waals surface area contributed by atoms with E-state index in [1.807, 2.05) is 0 Å². The zero-order valence-corrected chi connectivity index (χ0v) is 5.31. The van der Waals surface area contributed by atoms with Gasteiger partial charge in [-0.15, -0.1) is 0 Å². The van der Waals surface area contributed by atoms with E-state index in [4.69, 9.17) is 11.6 Å². The molecule has 0 amide bonds. The fraction of sp³-hybridized carbons (Fsp3) is 0. The van der Waals surface area contributed by atoms with Crippen LogP contribution in [-0.2, 0) is 0 Å². The van der Waals surface area contributed by atoms with Crippen LogP contribution in [0.4, 0.5) is 0 Å². The first-order chi connectivity index (χ1) is 3.39. The van der Waals surface area contributed by atoms with Crippen molar-refractivity contribution in [2.24, 2.45) is 0 Å². The van der Waals surface area contributed by atoms with E-state index in [9.17, 15) is 0 Å². The normalized spacial score (nSPS) is 7.62. The Hall–Kier alpha value is 0.0374. The number of halogens is 1. The van der Waals surface area contributed by atoms with Crippen molar-refractivity contribution < 1.29 is 18.9 Å². The van der Waals surface area contributed by atoms with Gasteiger partial charge in [-0.2, -0.15) is 0 Å². The van der Waals surface area contributed by atoms with Crippen LogP contribution in [0, 0.1) is 6.07 Å². The van der Waals surface area contributed by atoms with Crippen molar-refractivity contribution in [2.45, 2.75) is 0 Å². The zero-order valence-electron chi connectivity index (χ0n) is 4.56. The third-order valence-electron chi connectivity index (χ3n) is 0.568. The van der Waals surface area contributed by atoms with Gasteiger partial charge in [-0.25, -0.2) is 23.7 Å². The zero-order chi connectivity index (χ0) is 5.11. The van der Waals surface area contributed by atoms with Gasteiger partial charge < -0.3 is 4.98 Å². The number of hydrogen-bond acceptors (Lipinski definition) is 1. The summed E-state index contributed by atoms with van der Waals surface area (Å²) >= 11 is 5.45. The van der Waals surface area contributed by atoms with E-state index in [1.165, 1.54) is 0 Å². The number of aromatic nitrogens is 1. The fourth-order valence-corrected chi connectivity index (χ4v) is 0.425. The Kier molecular flexibility index (Phi) is 3.99. The quantitative estimate of drug-likeness (QED) is 0.301. The minimum Gasteiger partial charge on any atom is -0.303 e. The molecule has 0 saturated heterocycles. The molecule has 0 atom stereocenters. The Morgan fingerprint density at radius 3 is 2.62 bits per heavy atom. The molecule has 0 saturated carbocycles. The molecule has 1 aromatic rings. The first-order valence-corrected chi connectivity index (χ1v) is 2.24. The topological polar surface area (TPSA) is 12.9 Å². The molecule has 8 heavy (non-hydrogen) atoms. The number of rotatable bonds is 0. The van der Waals surface area contributed by atoms with Gasteiger partial charge in [-0.3, -0.25) is 0 Å². The summed E-state index contributed by atoms with van der Waals surface area (Å²) < 4.78 is 0. The van der Waals surface area contributed by atoms with Crippen LogP contribution >= 0.6 is 11.6 Å². The van der Waals surface area contributed by atoms with E-state index in [2.05, 4.69) is 11.1 Å². The largest absolute Gasteiger partial charge is 1.00 e. The maximum Gasteiger partial charge on any atom is 1.00 e. The molecule has 0 aromatic carbocycles. The maximum atomic E-state index is 5.45. The summed E-state index contributed by atoms with van der Waals surface area (Å²) in [4.78, 5) is 3.70. The fourth-order valence-electron chi connectivity index (χ4n) is 0.306. The molecule has 1 nitrogen and oxygen atoms in total. The van der Waals surface area contributed by atoms with Crippen LogP contribution in [0.25, 0.3) is 0 Å². The smallest absolute Gasteiger partial charge is 0.303 e. The van der Waals surface area contributed by atoms with Crippen molar-refractivity contribution >= 4 is 11.6 Å². The first-order valence-electron chi connectivity index (χ1n) is 1.86. The van der Waals surface area contributed by atoms with Crippen molar-refractivity contribution in [1.82, 2.24) is 4.98 Å². The number of pyridine rings is 1. The summed E-state index contributed by atoms with van der Waals surface area (Å²) in [5, 5.41) is 0.627. The van der Waals surface area contributed by atoms with Crippen LogP contribution in [0.15, 0.2) is 18.5 Å². The van der Waals surface area contributed by atoms with Gasteiger partial charge in [0.25, 0.3) is 0 Å². The summed E-state index contributed by atoms with van der Waals surface area (Å²) in [6.45, 7) is 0. The molecule has 36 valence electrons. The molecule has 0 spiro atoms. The van der Waals surface area contributed by atoms with Gasteiger partial charge in [0.15, 0.2) is 0 Å². The van der Waals surface area contributed by atoms with Gasteiger partial charge in [0.05, 0.1) is 0 Å². The molecule has 0 aliphatic rings.